The van der Waals surface area contributed by atoms with Gasteiger partial charge in [0.15, 0.2) is 0 Å². The van der Waals surface area contributed by atoms with Gasteiger partial charge in [-0.1, -0.05) is 18.2 Å². The van der Waals surface area contributed by atoms with E-state index < -0.39 is 11.9 Å². The van der Waals surface area contributed by atoms with Gasteiger partial charge in [0.05, 0.1) is 17.9 Å². The molecule has 3 N–H and O–H groups in total. The third-order valence-electron chi connectivity index (χ3n) is 4.61. The van der Waals surface area contributed by atoms with E-state index in [1.165, 1.54) is 11.3 Å². The van der Waals surface area contributed by atoms with Gasteiger partial charge in [-0.25, -0.2) is 4.98 Å². The smallest absolute Gasteiger partial charge is 0.306 e. The molecular formula is C18H23N3O2. The fraction of sp³-hybridized carbons (Fsp3) is 0.444. The average molecular weight is 313 g/mol. The number of fused-ring (bicyclic) bond motifs is 3. The highest BCUT2D eigenvalue weighted by atomic mass is 16.4. The molecule has 0 bridgehead atoms. The van der Waals surface area contributed by atoms with Crippen LogP contribution in [0.2, 0.25) is 0 Å². The van der Waals surface area contributed by atoms with E-state index in [4.69, 9.17) is 5.73 Å². The minimum atomic E-state index is -0.755. The fourth-order valence-electron chi connectivity index (χ4n) is 3.37. The second-order valence-corrected chi connectivity index (χ2v) is 6.16. The van der Waals surface area contributed by atoms with Gasteiger partial charge in [0.25, 0.3) is 0 Å². The van der Waals surface area contributed by atoms with Crippen LogP contribution >= 0.6 is 0 Å². The second kappa shape index (κ2) is 6.96. The molecule has 2 aromatic rings. The van der Waals surface area contributed by atoms with Crippen LogP contribution in [0.4, 0.5) is 0 Å². The number of carboxylic acids is 1. The molecule has 23 heavy (non-hydrogen) atoms. The van der Waals surface area contributed by atoms with E-state index in [9.17, 15) is 9.90 Å². The Balaban J connectivity index is 1.89. The Bertz CT molecular complexity index is 693. The minimum absolute atomic E-state index is 0.406. The molecule has 0 spiro atoms. The number of carboxylic acid groups (broad SMARTS) is 1. The lowest BCUT2D eigenvalue weighted by Crippen LogP contribution is -2.19. The van der Waals surface area contributed by atoms with Crippen molar-refractivity contribution in [2.45, 2.75) is 38.5 Å². The first-order valence-electron chi connectivity index (χ1n) is 8.27. The average Bonchev–Trinajstić information content (AvgIpc) is 2.84. The van der Waals surface area contributed by atoms with E-state index in [1.807, 2.05) is 12.4 Å². The first-order chi connectivity index (χ1) is 11.2. The van der Waals surface area contributed by atoms with Crippen molar-refractivity contribution < 1.29 is 9.90 Å². The van der Waals surface area contributed by atoms with E-state index in [-0.39, 0.29) is 0 Å². The summed E-state index contributed by atoms with van der Waals surface area (Å²) in [5.41, 5.74) is 10.1. The zero-order valence-corrected chi connectivity index (χ0v) is 13.2. The Morgan fingerprint density at radius 2 is 2.17 bits per heavy atom. The van der Waals surface area contributed by atoms with Crippen molar-refractivity contribution in [1.29, 1.82) is 0 Å². The van der Waals surface area contributed by atoms with Gasteiger partial charge in [-0.15, -0.1) is 0 Å². The SMILES string of the molecule is NCCCC(Cc1ncn2c1CCCc1ccccc1-2)C(=O)O. The van der Waals surface area contributed by atoms with E-state index in [2.05, 4.69) is 27.8 Å². The Labute approximate surface area is 136 Å². The molecule has 1 aliphatic rings. The summed E-state index contributed by atoms with van der Waals surface area (Å²) in [6.07, 6.45) is 6.72. The van der Waals surface area contributed by atoms with Crippen LogP contribution in [-0.4, -0.2) is 27.2 Å². The molecule has 2 heterocycles. The molecule has 0 fully saturated rings. The summed E-state index contributed by atoms with van der Waals surface area (Å²) in [5.74, 6) is -1.16. The van der Waals surface area contributed by atoms with Gasteiger partial charge >= 0.3 is 5.97 Å². The van der Waals surface area contributed by atoms with Gasteiger partial charge in [0, 0.05) is 17.8 Å². The number of nitrogens with zero attached hydrogens (tertiary/aromatic N) is 2. The third-order valence-corrected chi connectivity index (χ3v) is 4.61. The topological polar surface area (TPSA) is 81.1 Å². The molecule has 1 aromatic carbocycles. The number of aryl methyl sites for hydroxylation is 1. The summed E-state index contributed by atoms with van der Waals surface area (Å²) in [4.78, 5) is 16.0. The number of rotatable bonds is 6. The Morgan fingerprint density at radius 3 is 2.96 bits per heavy atom. The third kappa shape index (κ3) is 3.29. The molecule has 0 saturated heterocycles. The van der Waals surface area contributed by atoms with Crippen molar-refractivity contribution in [1.82, 2.24) is 9.55 Å². The molecule has 1 aromatic heterocycles. The first-order valence-corrected chi connectivity index (χ1v) is 8.27. The lowest BCUT2D eigenvalue weighted by molar-refractivity contribution is -0.142. The Hall–Kier alpha value is -2.14. The highest BCUT2D eigenvalue weighted by Gasteiger charge is 2.23. The minimum Gasteiger partial charge on any atom is -0.481 e. The van der Waals surface area contributed by atoms with Crippen LogP contribution in [0.25, 0.3) is 5.69 Å². The maximum Gasteiger partial charge on any atom is 0.306 e. The van der Waals surface area contributed by atoms with Gasteiger partial charge in [-0.05, 0) is 50.3 Å². The molecule has 1 aliphatic heterocycles. The van der Waals surface area contributed by atoms with Gasteiger partial charge < -0.3 is 15.4 Å². The predicted molar refractivity (Wildman–Crippen MR) is 88.7 cm³/mol. The van der Waals surface area contributed by atoms with Crippen molar-refractivity contribution in [3.8, 4) is 5.69 Å². The molecule has 1 unspecified atom stereocenters. The molecule has 1 atom stereocenters. The lowest BCUT2D eigenvalue weighted by atomic mass is 9.96. The van der Waals surface area contributed by atoms with E-state index in [1.54, 1.807) is 0 Å². The number of aromatic nitrogens is 2. The number of hydrogen-bond donors (Lipinski definition) is 2. The van der Waals surface area contributed by atoms with Crippen molar-refractivity contribution in [2.75, 3.05) is 6.54 Å². The lowest BCUT2D eigenvalue weighted by Gasteiger charge is -2.12. The van der Waals surface area contributed by atoms with Crippen molar-refractivity contribution in [3.63, 3.8) is 0 Å². The van der Waals surface area contributed by atoms with Gasteiger partial charge in [0.2, 0.25) is 0 Å². The van der Waals surface area contributed by atoms with Crippen molar-refractivity contribution in [2.24, 2.45) is 11.7 Å². The molecule has 0 amide bonds. The number of aliphatic carboxylic acids is 1. The molecule has 0 saturated carbocycles. The summed E-state index contributed by atoms with van der Waals surface area (Å²) in [5, 5.41) is 9.44. The number of benzene rings is 1. The molecule has 5 heteroatoms. The molecule has 3 rings (SSSR count). The predicted octanol–water partition coefficient (Wildman–Crippen LogP) is 2.34. The highest BCUT2D eigenvalue weighted by molar-refractivity contribution is 5.70. The van der Waals surface area contributed by atoms with Crippen LogP contribution in [0, 0.1) is 5.92 Å². The number of imidazole rings is 1. The number of hydrogen-bond acceptors (Lipinski definition) is 3. The highest BCUT2D eigenvalue weighted by Crippen LogP contribution is 2.27. The van der Waals surface area contributed by atoms with Gasteiger partial charge in [-0.3, -0.25) is 4.79 Å². The summed E-state index contributed by atoms with van der Waals surface area (Å²) in [6, 6.07) is 8.37. The summed E-state index contributed by atoms with van der Waals surface area (Å²) in [6.45, 7) is 0.526. The maximum absolute atomic E-state index is 11.5. The van der Waals surface area contributed by atoms with Crippen LogP contribution in [0.3, 0.4) is 0 Å². The van der Waals surface area contributed by atoms with E-state index in [0.717, 1.165) is 37.1 Å². The van der Waals surface area contributed by atoms with Crippen LogP contribution in [0.1, 0.15) is 36.2 Å². The van der Waals surface area contributed by atoms with Crippen LogP contribution < -0.4 is 5.73 Å². The fourth-order valence-corrected chi connectivity index (χ4v) is 3.37. The molecular weight excluding hydrogens is 290 g/mol. The molecule has 5 nitrogen and oxygen atoms in total. The molecule has 0 aliphatic carbocycles. The van der Waals surface area contributed by atoms with Crippen LogP contribution in [0.15, 0.2) is 30.6 Å². The largest absolute Gasteiger partial charge is 0.481 e. The number of carbonyl (C=O) groups is 1. The van der Waals surface area contributed by atoms with Crippen LogP contribution in [0.5, 0.6) is 0 Å². The zero-order valence-electron chi connectivity index (χ0n) is 13.2. The Kier molecular flexibility index (Phi) is 4.76. The maximum atomic E-state index is 11.5. The first kappa shape index (κ1) is 15.7. The Morgan fingerprint density at radius 1 is 1.35 bits per heavy atom. The van der Waals surface area contributed by atoms with Crippen molar-refractivity contribution >= 4 is 5.97 Å². The summed E-state index contributed by atoms with van der Waals surface area (Å²) < 4.78 is 2.14. The van der Waals surface area contributed by atoms with Gasteiger partial charge in [-0.2, -0.15) is 0 Å². The van der Waals surface area contributed by atoms with E-state index in [0.29, 0.717) is 19.4 Å². The standard InChI is InChI=1S/C18H23N3O2/c19-10-4-7-14(18(22)23)11-15-17-9-3-6-13-5-1-2-8-16(13)21(17)12-20-15/h1-2,5,8,12,14H,3-4,6-7,9-11,19H2,(H,22,23). The molecule has 0 radical (unpaired) electrons. The quantitative estimate of drug-likeness (QED) is 0.857. The van der Waals surface area contributed by atoms with Crippen LogP contribution in [-0.2, 0) is 24.1 Å². The zero-order chi connectivity index (χ0) is 16.2. The van der Waals surface area contributed by atoms with E-state index >= 15 is 0 Å². The summed E-state index contributed by atoms with van der Waals surface area (Å²) >= 11 is 0. The second-order valence-electron chi connectivity index (χ2n) is 6.16. The number of nitrogens with two attached hydrogens (primary N) is 1. The summed E-state index contributed by atoms with van der Waals surface area (Å²) in [7, 11) is 0. The van der Waals surface area contributed by atoms with Gasteiger partial charge in [0.1, 0.15) is 0 Å². The molecule has 122 valence electrons. The van der Waals surface area contributed by atoms with Crippen molar-refractivity contribution in [3.05, 3.63) is 47.5 Å². The normalized spacial score (nSPS) is 14.7. The monoisotopic (exact) mass is 313 g/mol. The number of para-hydroxylation sites is 1.